The molecular formula is C27H28N2O5. The maximum absolute atomic E-state index is 13.0. The van der Waals surface area contributed by atoms with Gasteiger partial charge in [0, 0.05) is 24.7 Å². The van der Waals surface area contributed by atoms with Gasteiger partial charge in [0.1, 0.15) is 5.75 Å². The highest BCUT2D eigenvalue weighted by atomic mass is 16.5. The van der Waals surface area contributed by atoms with E-state index in [0.717, 1.165) is 30.5 Å². The molecule has 3 amide bonds. The Hall–Kier alpha value is -3.48. The molecule has 2 aromatic carbocycles. The van der Waals surface area contributed by atoms with Gasteiger partial charge in [-0.25, -0.2) is 4.90 Å². The van der Waals surface area contributed by atoms with Crippen LogP contribution in [0.4, 0.5) is 11.4 Å². The van der Waals surface area contributed by atoms with E-state index in [2.05, 4.69) is 6.92 Å². The monoisotopic (exact) mass is 460 g/mol. The van der Waals surface area contributed by atoms with Crippen molar-refractivity contribution in [2.24, 2.45) is 23.7 Å². The largest absolute Gasteiger partial charge is 0.426 e. The number of carbonyl (C=O) groups excluding carboxylic acids is 4. The summed E-state index contributed by atoms with van der Waals surface area (Å²) in [6.45, 7) is 4.30. The smallest absolute Gasteiger partial charge is 0.316 e. The molecule has 2 saturated heterocycles. The molecular weight excluding hydrogens is 432 g/mol. The summed E-state index contributed by atoms with van der Waals surface area (Å²) in [5, 5.41) is 0. The number of hydrogen-bond donors (Lipinski definition) is 0. The van der Waals surface area contributed by atoms with Gasteiger partial charge in [-0.3, -0.25) is 19.2 Å². The van der Waals surface area contributed by atoms with Crippen LogP contribution in [0.25, 0.3) is 0 Å². The number of carbonyl (C=O) groups is 4. The maximum atomic E-state index is 13.0. The van der Waals surface area contributed by atoms with Crippen LogP contribution >= 0.6 is 0 Å². The molecule has 2 heterocycles. The molecule has 34 heavy (non-hydrogen) atoms. The number of nitrogens with zero attached hydrogens (tertiary/aromatic N) is 2. The summed E-state index contributed by atoms with van der Waals surface area (Å²) in [5.41, 5.74) is 2.19. The molecule has 0 aromatic heterocycles. The van der Waals surface area contributed by atoms with Gasteiger partial charge in [0.2, 0.25) is 17.7 Å². The zero-order chi connectivity index (χ0) is 24.0. The SMILES string of the molecule is Cc1ccccc1N1C[C@H](C(=O)Oc2cccc(N3C(=O)[C@@H]4CC[C@@H](C)C[C@H]4C3=O)c2)CC1=O. The first-order valence-corrected chi connectivity index (χ1v) is 11.9. The minimum Gasteiger partial charge on any atom is -0.426 e. The van der Waals surface area contributed by atoms with E-state index >= 15 is 0 Å². The van der Waals surface area contributed by atoms with Gasteiger partial charge in [0.25, 0.3) is 0 Å². The van der Waals surface area contributed by atoms with Crippen LogP contribution in [0.2, 0.25) is 0 Å². The summed E-state index contributed by atoms with van der Waals surface area (Å²) in [6.07, 6.45) is 2.49. The lowest BCUT2D eigenvalue weighted by Crippen LogP contribution is -2.31. The van der Waals surface area contributed by atoms with Crippen molar-refractivity contribution in [2.75, 3.05) is 16.3 Å². The quantitative estimate of drug-likeness (QED) is 0.393. The number of imide groups is 1. The number of amides is 3. The van der Waals surface area contributed by atoms with Crippen LogP contribution in [0.3, 0.4) is 0 Å². The van der Waals surface area contributed by atoms with Crippen molar-refractivity contribution in [2.45, 2.75) is 39.5 Å². The Morgan fingerprint density at radius 2 is 1.74 bits per heavy atom. The van der Waals surface area contributed by atoms with E-state index in [1.807, 2.05) is 31.2 Å². The van der Waals surface area contributed by atoms with E-state index in [4.69, 9.17) is 4.74 Å². The van der Waals surface area contributed by atoms with Gasteiger partial charge in [-0.1, -0.05) is 31.2 Å². The summed E-state index contributed by atoms with van der Waals surface area (Å²) in [5.74, 6) is -1.37. The molecule has 3 fully saturated rings. The number of benzene rings is 2. The van der Waals surface area contributed by atoms with Gasteiger partial charge >= 0.3 is 5.97 Å². The number of hydrogen-bond acceptors (Lipinski definition) is 5. The minimum atomic E-state index is -0.588. The fourth-order valence-electron chi connectivity index (χ4n) is 5.49. The summed E-state index contributed by atoms with van der Waals surface area (Å²) < 4.78 is 5.60. The molecule has 1 saturated carbocycles. The average Bonchev–Trinajstić information content (AvgIpc) is 3.31. The van der Waals surface area contributed by atoms with Gasteiger partial charge in [-0.15, -0.1) is 0 Å². The Morgan fingerprint density at radius 1 is 0.971 bits per heavy atom. The fourth-order valence-corrected chi connectivity index (χ4v) is 5.49. The number of para-hydroxylation sites is 1. The number of ether oxygens (including phenoxy) is 1. The van der Waals surface area contributed by atoms with Crippen LogP contribution in [0.1, 0.15) is 38.2 Å². The van der Waals surface area contributed by atoms with E-state index in [1.54, 1.807) is 29.2 Å². The molecule has 0 unspecified atom stereocenters. The van der Waals surface area contributed by atoms with E-state index in [1.165, 1.54) is 4.90 Å². The lowest BCUT2D eigenvalue weighted by molar-refractivity contribution is -0.139. The Morgan fingerprint density at radius 3 is 2.53 bits per heavy atom. The predicted molar refractivity (Wildman–Crippen MR) is 126 cm³/mol. The zero-order valence-corrected chi connectivity index (χ0v) is 19.4. The highest BCUT2D eigenvalue weighted by molar-refractivity contribution is 6.22. The van der Waals surface area contributed by atoms with E-state index in [-0.39, 0.29) is 48.3 Å². The van der Waals surface area contributed by atoms with Crippen LogP contribution in [0.5, 0.6) is 5.75 Å². The van der Waals surface area contributed by atoms with Crippen molar-refractivity contribution in [3.05, 3.63) is 54.1 Å². The van der Waals surface area contributed by atoms with Crippen LogP contribution in [-0.4, -0.2) is 30.2 Å². The molecule has 4 atom stereocenters. The molecule has 0 N–H and O–H groups in total. The number of anilines is 2. The number of aryl methyl sites for hydroxylation is 1. The molecule has 0 radical (unpaired) electrons. The lowest BCUT2D eigenvalue weighted by Gasteiger charge is -2.25. The third-order valence-corrected chi connectivity index (χ3v) is 7.35. The summed E-state index contributed by atoms with van der Waals surface area (Å²) in [7, 11) is 0. The van der Waals surface area contributed by atoms with Crippen molar-refractivity contribution < 1.29 is 23.9 Å². The Kier molecular flexibility index (Phi) is 5.71. The molecule has 2 aromatic rings. The third-order valence-electron chi connectivity index (χ3n) is 7.35. The lowest BCUT2D eigenvalue weighted by atomic mass is 9.76. The van der Waals surface area contributed by atoms with Gasteiger partial charge < -0.3 is 9.64 Å². The minimum absolute atomic E-state index is 0.0809. The van der Waals surface area contributed by atoms with Gasteiger partial charge in [-0.2, -0.15) is 0 Å². The number of rotatable bonds is 4. The second kappa shape index (κ2) is 8.70. The molecule has 3 aliphatic rings. The predicted octanol–water partition coefficient (Wildman–Crippen LogP) is 3.88. The first-order chi connectivity index (χ1) is 16.3. The molecule has 7 heteroatoms. The normalized spacial score (nSPS) is 26.7. The molecule has 0 spiro atoms. The van der Waals surface area contributed by atoms with Crippen molar-refractivity contribution in [1.29, 1.82) is 0 Å². The maximum Gasteiger partial charge on any atom is 0.316 e. The van der Waals surface area contributed by atoms with Crippen molar-refractivity contribution in [3.8, 4) is 5.75 Å². The Bertz CT molecular complexity index is 1180. The van der Waals surface area contributed by atoms with Crippen molar-refractivity contribution in [1.82, 2.24) is 0 Å². The van der Waals surface area contributed by atoms with E-state index < -0.39 is 11.9 Å². The van der Waals surface area contributed by atoms with Crippen LogP contribution in [0.15, 0.2) is 48.5 Å². The molecule has 5 rings (SSSR count). The summed E-state index contributed by atoms with van der Waals surface area (Å²) in [6, 6.07) is 14.1. The third kappa shape index (κ3) is 3.89. The van der Waals surface area contributed by atoms with Crippen LogP contribution < -0.4 is 14.5 Å². The van der Waals surface area contributed by atoms with Crippen molar-refractivity contribution >= 4 is 35.1 Å². The van der Waals surface area contributed by atoms with E-state index in [0.29, 0.717) is 11.6 Å². The highest BCUT2D eigenvalue weighted by Gasteiger charge is 2.50. The molecule has 2 aliphatic heterocycles. The van der Waals surface area contributed by atoms with Crippen LogP contribution in [0, 0.1) is 30.6 Å². The molecule has 7 nitrogen and oxygen atoms in total. The zero-order valence-electron chi connectivity index (χ0n) is 19.4. The summed E-state index contributed by atoms with van der Waals surface area (Å²) >= 11 is 0. The standard InChI is InChI=1S/C27H28N2O5/c1-16-10-11-21-22(12-16)26(32)29(25(21)31)19-7-5-8-20(14-19)34-27(33)18-13-24(30)28(15-18)23-9-4-3-6-17(23)2/h3-9,14,16,18,21-22H,10-13,15H2,1-2H3/t16-,18-,21-,22-/m1/s1. The first-order valence-electron chi connectivity index (χ1n) is 11.9. The molecule has 1 aliphatic carbocycles. The Labute approximate surface area is 198 Å². The summed E-state index contributed by atoms with van der Waals surface area (Å²) in [4.78, 5) is 54.4. The second-order valence-corrected chi connectivity index (χ2v) is 9.75. The highest BCUT2D eigenvalue weighted by Crippen LogP contribution is 2.42. The van der Waals surface area contributed by atoms with Gasteiger partial charge in [-0.05, 0) is 55.9 Å². The second-order valence-electron chi connectivity index (χ2n) is 9.75. The van der Waals surface area contributed by atoms with E-state index in [9.17, 15) is 19.2 Å². The first kappa shape index (κ1) is 22.3. The number of esters is 1. The number of fused-ring (bicyclic) bond motifs is 1. The fraction of sp³-hybridized carbons (Fsp3) is 0.407. The Balaban J connectivity index is 1.30. The van der Waals surface area contributed by atoms with Crippen LogP contribution in [-0.2, 0) is 19.2 Å². The van der Waals surface area contributed by atoms with Gasteiger partial charge in [0.05, 0.1) is 23.4 Å². The van der Waals surface area contributed by atoms with Gasteiger partial charge in [0.15, 0.2) is 0 Å². The molecule has 176 valence electrons. The average molecular weight is 461 g/mol. The van der Waals surface area contributed by atoms with Crippen molar-refractivity contribution in [3.63, 3.8) is 0 Å². The topological polar surface area (TPSA) is 84.0 Å². The molecule has 0 bridgehead atoms.